The maximum atomic E-state index is 11.4. The highest BCUT2D eigenvalue weighted by Crippen LogP contribution is 2.34. The predicted octanol–water partition coefficient (Wildman–Crippen LogP) is 7.61. The number of hydrogen-bond acceptors (Lipinski definition) is 3. The summed E-state index contributed by atoms with van der Waals surface area (Å²) >= 11 is 0. The van der Waals surface area contributed by atoms with Crippen LogP contribution in [-0.4, -0.2) is 12.6 Å². The van der Waals surface area contributed by atoms with E-state index < -0.39 is 0 Å². The molecule has 0 heterocycles. The van der Waals surface area contributed by atoms with E-state index in [1.165, 1.54) is 16.7 Å². The first-order valence-corrected chi connectivity index (χ1v) is 11.3. The molecule has 0 aliphatic heterocycles. The minimum atomic E-state index is -0.299. The van der Waals surface area contributed by atoms with E-state index >= 15 is 0 Å². The maximum absolute atomic E-state index is 11.4. The van der Waals surface area contributed by atoms with Gasteiger partial charge in [0.25, 0.3) is 0 Å². The molecular formula is C29H33NO2. The number of unbranched alkanes of at least 4 members (excludes halogenated alkanes) is 2. The minimum absolute atomic E-state index is 0.299. The summed E-state index contributed by atoms with van der Waals surface area (Å²) in [6.07, 6.45) is 4.00. The van der Waals surface area contributed by atoms with Gasteiger partial charge in [0.2, 0.25) is 0 Å². The van der Waals surface area contributed by atoms with Crippen molar-refractivity contribution in [2.24, 2.45) is 0 Å². The van der Waals surface area contributed by atoms with Gasteiger partial charge in [0.05, 0.1) is 6.61 Å². The van der Waals surface area contributed by atoms with Crippen LogP contribution in [-0.2, 0) is 16.0 Å². The lowest BCUT2D eigenvalue weighted by Gasteiger charge is -2.26. The molecule has 0 unspecified atom stereocenters. The number of nitrogens with zero attached hydrogens (tertiary/aromatic N) is 1. The van der Waals surface area contributed by atoms with Gasteiger partial charge in [-0.1, -0.05) is 54.1 Å². The Morgan fingerprint density at radius 2 is 1.22 bits per heavy atom. The van der Waals surface area contributed by atoms with E-state index in [0.717, 1.165) is 42.7 Å². The van der Waals surface area contributed by atoms with Crippen molar-refractivity contribution >= 4 is 23.0 Å². The molecule has 0 amide bonds. The fraction of sp³-hybridized carbons (Fsp3) is 0.276. The Morgan fingerprint density at radius 1 is 0.750 bits per heavy atom. The van der Waals surface area contributed by atoms with Gasteiger partial charge in [-0.05, 0) is 88.4 Å². The Kier molecular flexibility index (Phi) is 8.27. The number of rotatable bonds is 10. The molecule has 0 atom stereocenters. The third kappa shape index (κ3) is 6.58. The zero-order valence-electron chi connectivity index (χ0n) is 19.4. The molecule has 0 aliphatic rings. The summed E-state index contributed by atoms with van der Waals surface area (Å²) in [6, 6.07) is 26.1. The fourth-order valence-corrected chi connectivity index (χ4v) is 3.54. The van der Waals surface area contributed by atoms with Crippen LogP contribution in [0.25, 0.3) is 0 Å². The zero-order chi connectivity index (χ0) is 22.9. The second-order valence-corrected chi connectivity index (χ2v) is 8.40. The van der Waals surface area contributed by atoms with Gasteiger partial charge in [-0.3, -0.25) is 0 Å². The summed E-state index contributed by atoms with van der Waals surface area (Å²) in [5.74, 6) is -0.299. The Balaban J connectivity index is 1.63. The predicted molar refractivity (Wildman–Crippen MR) is 134 cm³/mol. The first kappa shape index (κ1) is 23.3. The maximum Gasteiger partial charge on any atom is 0.333 e. The van der Waals surface area contributed by atoms with Gasteiger partial charge in [0.1, 0.15) is 0 Å². The average Bonchev–Trinajstić information content (AvgIpc) is 2.79. The molecule has 3 aromatic rings. The van der Waals surface area contributed by atoms with Crippen LogP contribution in [0.1, 0.15) is 42.9 Å². The quantitative estimate of drug-likeness (QED) is 0.189. The van der Waals surface area contributed by atoms with Crippen LogP contribution in [0.4, 0.5) is 17.1 Å². The standard InChI is InChI=1S/C29H33NO2/c1-22(2)29(31)32-21-7-5-6-8-25-13-19-28(20-14-25)30(26-15-9-23(3)10-16-26)27-17-11-24(4)12-18-27/h9-20H,1,5-8,21H2,2-4H3. The lowest BCUT2D eigenvalue weighted by Crippen LogP contribution is -2.10. The van der Waals surface area contributed by atoms with Crippen molar-refractivity contribution in [3.63, 3.8) is 0 Å². The van der Waals surface area contributed by atoms with Gasteiger partial charge in [-0.2, -0.15) is 0 Å². The molecule has 32 heavy (non-hydrogen) atoms. The van der Waals surface area contributed by atoms with Gasteiger partial charge >= 0.3 is 5.97 Å². The molecule has 0 N–H and O–H groups in total. The fourth-order valence-electron chi connectivity index (χ4n) is 3.54. The molecule has 3 aromatic carbocycles. The van der Waals surface area contributed by atoms with Crippen molar-refractivity contribution in [2.45, 2.75) is 46.5 Å². The molecule has 3 rings (SSSR count). The van der Waals surface area contributed by atoms with Crippen LogP contribution < -0.4 is 4.90 Å². The first-order chi connectivity index (χ1) is 15.4. The molecule has 0 saturated carbocycles. The lowest BCUT2D eigenvalue weighted by atomic mass is 10.1. The third-order valence-corrected chi connectivity index (χ3v) is 5.47. The van der Waals surface area contributed by atoms with Gasteiger partial charge in [0, 0.05) is 22.6 Å². The summed E-state index contributed by atoms with van der Waals surface area (Å²) in [7, 11) is 0. The summed E-state index contributed by atoms with van der Waals surface area (Å²) in [5.41, 5.74) is 7.72. The second kappa shape index (κ2) is 11.3. The monoisotopic (exact) mass is 427 g/mol. The molecule has 0 radical (unpaired) electrons. The highest BCUT2D eigenvalue weighted by atomic mass is 16.5. The van der Waals surface area contributed by atoms with Crippen LogP contribution in [0, 0.1) is 13.8 Å². The van der Waals surface area contributed by atoms with Gasteiger partial charge < -0.3 is 9.64 Å². The van der Waals surface area contributed by atoms with E-state index in [1.54, 1.807) is 6.92 Å². The normalized spacial score (nSPS) is 10.6. The van der Waals surface area contributed by atoms with Crippen LogP contribution in [0.2, 0.25) is 0 Å². The van der Waals surface area contributed by atoms with E-state index in [0.29, 0.717) is 12.2 Å². The van der Waals surface area contributed by atoms with Crippen LogP contribution >= 0.6 is 0 Å². The smallest absolute Gasteiger partial charge is 0.333 e. The van der Waals surface area contributed by atoms with Gasteiger partial charge in [-0.15, -0.1) is 0 Å². The first-order valence-electron chi connectivity index (χ1n) is 11.3. The molecule has 3 heteroatoms. The van der Waals surface area contributed by atoms with E-state index in [2.05, 4.69) is 98.1 Å². The average molecular weight is 428 g/mol. The number of anilines is 3. The van der Waals surface area contributed by atoms with Crippen LogP contribution in [0.15, 0.2) is 84.9 Å². The molecule has 0 aromatic heterocycles. The molecule has 0 saturated heterocycles. The largest absolute Gasteiger partial charge is 0.462 e. The Hall–Kier alpha value is -3.33. The van der Waals surface area contributed by atoms with Gasteiger partial charge in [0.15, 0.2) is 0 Å². The van der Waals surface area contributed by atoms with Crippen molar-refractivity contribution in [1.82, 2.24) is 0 Å². The molecule has 0 aliphatic carbocycles. The highest BCUT2D eigenvalue weighted by Gasteiger charge is 2.12. The van der Waals surface area contributed by atoms with E-state index in [-0.39, 0.29) is 5.97 Å². The van der Waals surface area contributed by atoms with E-state index in [9.17, 15) is 4.79 Å². The van der Waals surface area contributed by atoms with Crippen molar-refractivity contribution < 1.29 is 9.53 Å². The molecule has 0 fully saturated rings. The van der Waals surface area contributed by atoms with E-state index in [1.807, 2.05) is 0 Å². The summed E-state index contributed by atoms with van der Waals surface area (Å²) in [4.78, 5) is 13.7. The van der Waals surface area contributed by atoms with Crippen LogP contribution in [0.3, 0.4) is 0 Å². The number of carbonyl (C=O) groups excluding carboxylic acids is 1. The Labute approximate surface area is 192 Å². The Bertz CT molecular complexity index is 973. The minimum Gasteiger partial charge on any atom is -0.462 e. The second-order valence-electron chi connectivity index (χ2n) is 8.40. The molecule has 0 bridgehead atoms. The highest BCUT2D eigenvalue weighted by molar-refractivity contribution is 5.86. The van der Waals surface area contributed by atoms with Crippen LogP contribution in [0.5, 0.6) is 0 Å². The van der Waals surface area contributed by atoms with Crippen molar-refractivity contribution in [3.05, 3.63) is 102 Å². The van der Waals surface area contributed by atoms with Gasteiger partial charge in [-0.25, -0.2) is 4.79 Å². The molecule has 166 valence electrons. The molecule has 3 nitrogen and oxygen atoms in total. The summed E-state index contributed by atoms with van der Waals surface area (Å²) < 4.78 is 5.15. The van der Waals surface area contributed by atoms with E-state index in [4.69, 9.17) is 4.74 Å². The number of ether oxygens (including phenoxy) is 1. The topological polar surface area (TPSA) is 29.5 Å². The number of benzene rings is 3. The van der Waals surface area contributed by atoms with Crippen molar-refractivity contribution in [1.29, 1.82) is 0 Å². The number of esters is 1. The summed E-state index contributed by atoms with van der Waals surface area (Å²) in [6.45, 7) is 9.95. The number of hydrogen-bond donors (Lipinski definition) is 0. The SMILES string of the molecule is C=C(C)C(=O)OCCCCCc1ccc(N(c2ccc(C)cc2)c2ccc(C)cc2)cc1. The Morgan fingerprint density at radius 3 is 1.69 bits per heavy atom. The van der Waals surface area contributed by atoms with Crippen molar-refractivity contribution in [3.8, 4) is 0 Å². The molecule has 0 spiro atoms. The number of carbonyl (C=O) groups is 1. The third-order valence-electron chi connectivity index (χ3n) is 5.47. The number of aryl methyl sites for hydroxylation is 3. The van der Waals surface area contributed by atoms with Crippen molar-refractivity contribution in [2.75, 3.05) is 11.5 Å². The zero-order valence-corrected chi connectivity index (χ0v) is 19.4. The molecular weight excluding hydrogens is 394 g/mol. The summed E-state index contributed by atoms with van der Waals surface area (Å²) in [5, 5.41) is 0. The lowest BCUT2D eigenvalue weighted by molar-refractivity contribution is -0.139.